The zero-order valence-electron chi connectivity index (χ0n) is 30.6. The van der Waals surface area contributed by atoms with Crippen LogP contribution in [0.15, 0.2) is 24.3 Å². The zero-order chi connectivity index (χ0) is 39.9. The fourth-order valence-electron chi connectivity index (χ4n) is 4.87. The molecule has 0 heterocycles. The molecule has 0 bridgehead atoms. The SMILES string of the molecule is CC(C)C[C@H](NC(=O)[C@@H](C)NC(=O)[C@@H](N)Cc1ccc(O)cc1)C(=O)N[C@@H](CC(=O)O)C(=O)N[C@H](C(=O)N[C@H](C(=O)NCC(N)=O)C(C)C)C(C)C. The minimum Gasteiger partial charge on any atom is -0.508 e. The molecule has 52 heavy (non-hydrogen) atoms. The fourth-order valence-corrected chi connectivity index (χ4v) is 4.87. The van der Waals surface area contributed by atoms with Crippen LogP contribution < -0.4 is 43.4 Å². The summed E-state index contributed by atoms with van der Waals surface area (Å²) in [6.45, 7) is 11.0. The van der Waals surface area contributed by atoms with E-state index in [9.17, 15) is 48.6 Å². The average Bonchev–Trinajstić information content (AvgIpc) is 3.04. The first-order chi connectivity index (χ1) is 24.1. The van der Waals surface area contributed by atoms with Crippen molar-refractivity contribution < 1.29 is 48.6 Å². The van der Waals surface area contributed by atoms with Gasteiger partial charge in [0, 0.05) is 0 Å². The Morgan fingerprint density at radius 1 is 0.654 bits per heavy atom. The van der Waals surface area contributed by atoms with Crippen molar-refractivity contribution in [2.45, 2.75) is 104 Å². The molecule has 0 aromatic heterocycles. The quantitative estimate of drug-likeness (QED) is 0.0668. The highest BCUT2D eigenvalue weighted by atomic mass is 16.4. The molecule has 18 heteroatoms. The second-order valence-electron chi connectivity index (χ2n) is 13.7. The first-order valence-electron chi connectivity index (χ1n) is 17.0. The van der Waals surface area contributed by atoms with Crippen molar-refractivity contribution in [2.24, 2.45) is 29.2 Å². The molecule has 0 aliphatic heterocycles. The van der Waals surface area contributed by atoms with Gasteiger partial charge >= 0.3 is 5.97 Å². The number of phenols is 1. The Kier molecular flexibility index (Phi) is 18.2. The van der Waals surface area contributed by atoms with Gasteiger partial charge in [0.1, 0.15) is 36.0 Å². The van der Waals surface area contributed by atoms with Gasteiger partial charge in [-0.1, -0.05) is 53.7 Å². The molecule has 12 N–H and O–H groups in total. The van der Waals surface area contributed by atoms with Crippen molar-refractivity contribution in [3.05, 3.63) is 29.8 Å². The summed E-state index contributed by atoms with van der Waals surface area (Å²) in [5, 5.41) is 33.7. The van der Waals surface area contributed by atoms with Crippen LogP contribution in [0.4, 0.5) is 0 Å². The van der Waals surface area contributed by atoms with E-state index in [2.05, 4.69) is 31.9 Å². The predicted octanol–water partition coefficient (Wildman–Crippen LogP) is -1.86. The Bertz CT molecular complexity index is 1430. The van der Waals surface area contributed by atoms with Crippen LogP contribution in [0.3, 0.4) is 0 Å². The van der Waals surface area contributed by atoms with E-state index in [0.717, 1.165) is 0 Å². The molecule has 1 aromatic carbocycles. The highest BCUT2D eigenvalue weighted by Crippen LogP contribution is 2.12. The number of nitrogens with one attached hydrogen (secondary N) is 6. The molecule has 0 radical (unpaired) electrons. The zero-order valence-corrected chi connectivity index (χ0v) is 30.6. The van der Waals surface area contributed by atoms with Gasteiger partial charge in [0.05, 0.1) is 19.0 Å². The number of phenolic OH excluding ortho intramolecular Hbond substituents is 1. The molecular formula is C34H54N8O10. The van der Waals surface area contributed by atoms with Gasteiger partial charge in [0.25, 0.3) is 0 Å². The topological polar surface area (TPSA) is 301 Å². The van der Waals surface area contributed by atoms with E-state index < -0.39 is 108 Å². The van der Waals surface area contributed by atoms with E-state index in [1.807, 2.05) is 0 Å². The largest absolute Gasteiger partial charge is 0.508 e. The van der Waals surface area contributed by atoms with Gasteiger partial charge in [-0.3, -0.25) is 38.4 Å². The molecule has 0 aliphatic carbocycles. The number of aromatic hydroxyl groups is 1. The number of amides is 7. The molecule has 1 aromatic rings. The Balaban J connectivity index is 3.07. The summed E-state index contributed by atoms with van der Waals surface area (Å²) >= 11 is 0. The van der Waals surface area contributed by atoms with Crippen LogP contribution in [0.1, 0.15) is 66.9 Å². The normalized spacial score (nSPS) is 14.6. The number of carbonyl (C=O) groups is 8. The van der Waals surface area contributed by atoms with Crippen molar-refractivity contribution in [2.75, 3.05) is 6.54 Å². The summed E-state index contributed by atoms with van der Waals surface area (Å²) in [7, 11) is 0. The molecule has 18 nitrogen and oxygen atoms in total. The van der Waals surface area contributed by atoms with Gasteiger partial charge in [-0.25, -0.2) is 0 Å². The van der Waals surface area contributed by atoms with Gasteiger partial charge in [-0.15, -0.1) is 0 Å². The average molecular weight is 735 g/mol. The van der Waals surface area contributed by atoms with Crippen molar-refractivity contribution in [3.63, 3.8) is 0 Å². The summed E-state index contributed by atoms with van der Waals surface area (Å²) in [4.78, 5) is 101. The lowest BCUT2D eigenvalue weighted by Gasteiger charge is -2.29. The van der Waals surface area contributed by atoms with Gasteiger partial charge < -0.3 is 53.6 Å². The molecule has 7 amide bonds. The third kappa shape index (κ3) is 15.7. The first-order valence-corrected chi connectivity index (χ1v) is 17.0. The summed E-state index contributed by atoms with van der Waals surface area (Å²) in [6, 6.07) is -1.40. The second-order valence-corrected chi connectivity index (χ2v) is 13.7. The molecule has 0 saturated heterocycles. The maximum Gasteiger partial charge on any atom is 0.305 e. The Hall–Kier alpha value is -5.26. The van der Waals surface area contributed by atoms with Gasteiger partial charge in [0.2, 0.25) is 41.4 Å². The lowest BCUT2D eigenvalue weighted by Crippen LogP contribution is -2.61. The maximum atomic E-state index is 13.5. The van der Waals surface area contributed by atoms with Gasteiger partial charge in [0.15, 0.2) is 0 Å². The van der Waals surface area contributed by atoms with E-state index >= 15 is 0 Å². The number of rotatable bonds is 21. The summed E-state index contributed by atoms with van der Waals surface area (Å²) in [6.07, 6.45) is -0.677. The van der Waals surface area contributed by atoms with Crippen molar-refractivity contribution >= 4 is 47.3 Å². The summed E-state index contributed by atoms with van der Waals surface area (Å²) in [5.74, 6) is -8.10. The smallest absolute Gasteiger partial charge is 0.305 e. The number of carboxylic acid groups (broad SMARTS) is 1. The molecular weight excluding hydrogens is 680 g/mol. The van der Waals surface area contributed by atoms with E-state index in [-0.39, 0.29) is 24.5 Å². The predicted molar refractivity (Wildman–Crippen MR) is 189 cm³/mol. The van der Waals surface area contributed by atoms with Crippen molar-refractivity contribution in [1.29, 1.82) is 0 Å². The lowest BCUT2D eigenvalue weighted by molar-refractivity contribution is -0.142. The van der Waals surface area contributed by atoms with E-state index in [1.165, 1.54) is 19.1 Å². The molecule has 290 valence electrons. The van der Waals surface area contributed by atoms with Crippen LogP contribution in [0.25, 0.3) is 0 Å². The van der Waals surface area contributed by atoms with Crippen molar-refractivity contribution in [3.8, 4) is 5.75 Å². The highest BCUT2D eigenvalue weighted by Gasteiger charge is 2.35. The number of hydrogen-bond acceptors (Lipinski definition) is 10. The number of benzene rings is 1. The van der Waals surface area contributed by atoms with Gasteiger partial charge in [-0.05, 0) is 55.2 Å². The van der Waals surface area contributed by atoms with E-state index in [0.29, 0.717) is 5.56 Å². The molecule has 0 unspecified atom stereocenters. The van der Waals surface area contributed by atoms with Crippen LogP contribution in [-0.4, -0.2) is 100 Å². The van der Waals surface area contributed by atoms with E-state index in [1.54, 1.807) is 53.7 Å². The summed E-state index contributed by atoms with van der Waals surface area (Å²) in [5.41, 5.74) is 11.8. The number of hydrogen-bond donors (Lipinski definition) is 10. The van der Waals surface area contributed by atoms with Crippen LogP contribution >= 0.6 is 0 Å². The minimum absolute atomic E-state index is 0.0482. The van der Waals surface area contributed by atoms with Crippen LogP contribution in [0, 0.1) is 17.8 Å². The highest BCUT2D eigenvalue weighted by molar-refractivity contribution is 5.98. The number of carbonyl (C=O) groups excluding carboxylic acids is 7. The number of primary amides is 1. The van der Waals surface area contributed by atoms with E-state index in [4.69, 9.17) is 11.5 Å². The Morgan fingerprint density at radius 2 is 1.15 bits per heavy atom. The molecule has 0 fully saturated rings. The second kappa shape index (κ2) is 21.2. The third-order valence-electron chi connectivity index (χ3n) is 7.76. The number of aliphatic carboxylic acids is 1. The minimum atomic E-state index is -1.68. The Morgan fingerprint density at radius 3 is 1.65 bits per heavy atom. The molecule has 6 atom stereocenters. The molecule has 0 saturated carbocycles. The summed E-state index contributed by atoms with van der Waals surface area (Å²) < 4.78 is 0. The third-order valence-corrected chi connectivity index (χ3v) is 7.76. The molecule has 0 spiro atoms. The Labute approximate surface area is 303 Å². The van der Waals surface area contributed by atoms with Gasteiger partial charge in [-0.2, -0.15) is 0 Å². The maximum absolute atomic E-state index is 13.5. The monoisotopic (exact) mass is 734 g/mol. The molecule has 1 rings (SSSR count). The number of nitrogens with two attached hydrogens (primary N) is 2. The van der Waals surface area contributed by atoms with Crippen LogP contribution in [0.5, 0.6) is 5.75 Å². The fraction of sp³-hybridized carbons (Fsp3) is 0.588. The van der Waals surface area contributed by atoms with Crippen molar-refractivity contribution in [1.82, 2.24) is 31.9 Å². The molecule has 0 aliphatic rings. The number of carboxylic acids is 1. The first kappa shape index (κ1) is 44.8. The lowest BCUT2D eigenvalue weighted by atomic mass is 9.99. The van der Waals surface area contributed by atoms with Crippen LogP contribution in [0.2, 0.25) is 0 Å². The standard InChI is InChI=1S/C34H54N8O10/c1-16(2)12-23(39-29(47)19(7)38-30(48)22(35)13-20-8-10-21(43)11-9-20)31(49)40-24(14-26(45)46)32(50)41-28(18(5)6)34(52)42-27(17(3)4)33(51)37-15-25(36)44/h8-11,16-19,22-24,27-28,43H,12-15,35H2,1-7H3,(H2,36,44)(H,37,51)(H,38,48)(H,39,47)(H,40,49)(H,41,50)(H,42,52)(H,45,46)/t19-,22+,23+,24+,27+,28+/m1/s1. The van der Waals surface area contributed by atoms with Crippen LogP contribution in [-0.2, 0) is 44.8 Å².